The Morgan fingerprint density at radius 1 is 1.44 bits per heavy atom. The SMILES string of the molecule is COCCCOC(=O)c1ccc(Cl)c([N+](=O)[O-])c1. The summed E-state index contributed by atoms with van der Waals surface area (Å²) >= 11 is 5.63. The van der Waals surface area contributed by atoms with Gasteiger partial charge in [0, 0.05) is 26.2 Å². The van der Waals surface area contributed by atoms with Gasteiger partial charge in [0.15, 0.2) is 0 Å². The minimum absolute atomic E-state index is 0.0177. The highest BCUT2D eigenvalue weighted by Gasteiger charge is 2.16. The molecule has 7 heteroatoms. The molecule has 0 unspecified atom stereocenters. The number of hydrogen-bond acceptors (Lipinski definition) is 5. The summed E-state index contributed by atoms with van der Waals surface area (Å²) in [7, 11) is 1.55. The Balaban J connectivity index is 2.68. The van der Waals surface area contributed by atoms with Gasteiger partial charge in [-0.3, -0.25) is 10.1 Å². The van der Waals surface area contributed by atoms with Gasteiger partial charge >= 0.3 is 5.97 Å². The van der Waals surface area contributed by atoms with E-state index in [1.807, 2.05) is 0 Å². The van der Waals surface area contributed by atoms with Crippen LogP contribution in [0, 0.1) is 10.1 Å². The Kier molecular flexibility index (Phi) is 5.54. The van der Waals surface area contributed by atoms with Crippen molar-refractivity contribution in [2.75, 3.05) is 20.3 Å². The maximum atomic E-state index is 11.6. The lowest BCUT2D eigenvalue weighted by Gasteiger charge is -2.04. The predicted molar refractivity (Wildman–Crippen MR) is 64.9 cm³/mol. The molecule has 0 aromatic heterocycles. The van der Waals surface area contributed by atoms with E-state index in [-0.39, 0.29) is 22.9 Å². The third-order valence-electron chi connectivity index (χ3n) is 2.10. The number of esters is 1. The van der Waals surface area contributed by atoms with Crippen LogP contribution in [0.15, 0.2) is 18.2 Å². The van der Waals surface area contributed by atoms with Crippen molar-refractivity contribution in [1.82, 2.24) is 0 Å². The fourth-order valence-corrected chi connectivity index (χ4v) is 1.42. The first kappa shape index (κ1) is 14.4. The number of nitro benzene ring substituents is 1. The van der Waals surface area contributed by atoms with Crippen LogP contribution in [-0.4, -0.2) is 31.2 Å². The van der Waals surface area contributed by atoms with E-state index in [1.165, 1.54) is 12.1 Å². The number of carbonyl (C=O) groups excluding carboxylic acids is 1. The zero-order chi connectivity index (χ0) is 13.5. The van der Waals surface area contributed by atoms with Crippen molar-refractivity contribution >= 4 is 23.3 Å². The second-order valence-electron chi connectivity index (χ2n) is 3.41. The molecule has 0 N–H and O–H groups in total. The van der Waals surface area contributed by atoms with Crippen LogP contribution in [0.2, 0.25) is 5.02 Å². The van der Waals surface area contributed by atoms with Crippen LogP contribution in [-0.2, 0) is 9.47 Å². The van der Waals surface area contributed by atoms with Gasteiger partial charge < -0.3 is 9.47 Å². The molecule has 0 saturated carbocycles. The van der Waals surface area contributed by atoms with Crippen LogP contribution in [0.5, 0.6) is 0 Å². The van der Waals surface area contributed by atoms with Crippen molar-refractivity contribution in [3.8, 4) is 0 Å². The molecule has 1 aromatic rings. The number of nitro groups is 1. The molecule has 1 aromatic carbocycles. The number of methoxy groups -OCH3 is 1. The predicted octanol–water partition coefficient (Wildman–Crippen LogP) is 2.44. The number of benzene rings is 1. The third kappa shape index (κ3) is 3.97. The van der Waals surface area contributed by atoms with E-state index in [0.717, 1.165) is 6.07 Å². The lowest BCUT2D eigenvalue weighted by Crippen LogP contribution is -2.08. The van der Waals surface area contributed by atoms with Crippen LogP contribution in [0.1, 0.15) is 16.8 Å². The molecule has 6 nitrogen and oxygen atoms in total. The molecule has 0 spiro atoms. The summed E-state index contributed by atoms with van der Waals surface area (Å²) in [6.07, 6.45) is 0.567. The van der Waals surface area contributed by atoms with E-state index in [1.54, 1.807) is 7.11 Å². The van der Waals surface area contributed by atoms with Gasteiger partial charge in [0.1, 0.15) is 5.02 Å². The molecular formula is C11H12ClNO5. The summed E-state index contributed by atoms with van der Waals surface area (Å²) in [5, 5.41) is 10.6. The van der Waals surface area contributed by atoms with Gasteiger partial charge in [-0.1, -0.05) is 11.6 Å². The summed E-state index contributed by atoms with van der Waals surface area (Å²) in [5.74, 6) is -0.620. The van der Waals surface area contributed by atoms with Crippen molar-refractivity contribution in [3.63, 3.8) is 0 Å². The first-order valence-electron chi connectivity index (χ1n) is 5.16. The van der Waals surface area contributed by atoms with E-state index >= 15 is 0 Å². The lowest BCUT2D eigenvalue weighted by atomic mass is 10.2. The molecule has 0 saturated heterocycles. The molecule has 0 amide bonds. The van der Waals surface area contributed by atoms with Gasteiger partial charge in [-0.2, -0.15) is 0 Å². The Morgan fingerprint density at radius 3 is 2.78 bits per heavy atom. The minimum atomic E-state index is -0.649. The van der Waals surface area contributed by atoms with E-state index in [4.69, 9.17) is 21.1 Å². The molecule has 98 valence electrons. The van der Waals surface area contributed by atoms with Crippen LogP contribution in [0.25, 0.3) is 0 Å². The number of carbonyl (C=O) groups is 1. The summed E-state index contributed by atoms with van der Waals surface area (Å²) in [4.78, 5) is 21.6. The summed E-state index contributed by atoms with van der Waals surface area (Å²) < 4.78 is 9.72. The summed E-state index contributed by atoms with van der Waals surface area (Å²) in [6.45, 7) is 0.678. The van der Waals surface area contributed by atoms with Crippen molar-refractivity contribution < 1.29 is 19.2 Å². The molecule has 0 aliphatic rings. The van der Waals surface area contributed by atoms with Crippen LogP contribution in [0.4, 0.5) is 5.69 Å². The average molecular weight is 274 g/mol. The number of halogens is 1. The maximum Gasteiger partial charge on any atom is 0.338 e. The molecule has 0 fully saturated rings. The quantitative estimate of drug-likeness (QED) is 0.344. The van der Waals surface area contributed by atoms with Crippen LogP contribution in [0.3, 0.4) is 0 Å². The van der Waals surface area contributed by atoms with E-state index in [2.05, 4.69) is 0 Å². The lowest BCUT2D eigenvalue weighted by molar-refractivity contribution is -0.384. The molecule has 1 rings (SSSR count). The monoisotopic (exact) mass is 273 g/mol. The summed E-state index contributed by atoms with van der Waals surface area (Å²) in [5.41, 5.74) is -0.216. The van der Waals surface area contributed by atoms with Gasteiger partial charge in [0.2, 0.25) is 0 Å². The zero-order valence-corrected chi connectivity index (χ0v) is 10.5. The third-order valence-corrected chi connectivity index (χ3v) is 2.42. The number of ether oxygens (including phenoxy) is 2. The normalized spacial score (nSPS) is 10.1. The highest BCUT2D eigenvalue weighted by Crippen LogP contribution is 2.25. The van der Waals surface area contributed by atoms with Gasteiger partial charge in [-0.25, -0.2) is 4.79 Å². The van der Waals surface area contributed by atoms with E-state index in [0.29, 0.717) is 13.0 Å². The van der Waals surface area contributed by atoms with Crippen molar-refractivity contribution in [1.29, 1.82) is 0 Å². The van der Waals surface area contributed by atoms with Crippen LogP contribution < -0.4 is 0 Å². The van der Waals surface area contributed by atoms with E-state index in [9.17, 15) is 14.9 Å². The number of nitrogens with zero attached hydrogens (tertiary/aromatic N) is 1. The molecule has 0 heterocycles. The zero-order valence-electron chi connectivity index (χ0n) is 9.72. The van der Waals surface area contributed by atoms with E-state index < -0.39 is 10.9 Å². The molecule has 0 aliphatic carbocycles. The van der Waals surface area contributed by atoms with Gasteiger partial charge in [-0.05, 0) is 12.1 Å². The molecule has 0 radical (unpaired) electrons. The van der Waals surface area contributed by atoms with Crippen LogP contribution >= 0.6 is 11.6 Å². The average Bonchev–Trinajstić information content (AvgIpc) is 2.34. The smallest absolute Gasteiger partial charge is 0.338 e. The summed E-state index contributed by atoms with van der Waals surface area (Å²) in [6, 6.07) is 3.78. The fraction of sp³-hybridized carbons (Fsp3) is 0.364. The van der Waals surface area contributed by atoms with Crippen molar-refractivity contribution in [2.24, 2.45) is 0 Å². The molecule has 0 atom stereocenters. The van der Waals surface area contributed by atoms with Gasteiger partial charge in [0.05, 0.1) is 17.1 Å². The standard InChI is InChI=1S/C11H12ClNO5/c1-17-5-2-6-18-11(14)8-3-4-9(12)10(7-8)13(15)16/h3-4,7H,2,5-6H2,1H3. The Morgan fingerprint density at radius 2 is 2.17 bits per heavy atom. The second-order valence-corrected chi connectivity index (χ2v) is 3.81. The topological polar surface area (TPSA) is 78.7 Å². The van der Waals surface area contributed by atoms with Gasteiger partial charge in [0.25, 0.3) is 5.69 Å². The minimum Gasteiger partial charge on any atom is -0.462 e. The Labute approximate surface area is 109 Å². The molecular weight excluding hydrogens is 262 g/mol. The Bertz CT molecular complexity index is 449. The largest absolute Gasteiger partial charge is 0.462 e. The number of rotatable bonds is 6. The number of hydrogen-bond donors (Lipinski definition) is 0. The maximum absolute atomic E-state index is 11.6. The first-order chi connectivity index (χ1) is 8.56. The Hall–Kier alpha value is -1.66. The fourth-order valence-electron chi connectivity index (χ4n) is 1.23. The van der Waals surface area contributed by atoms with Crippen molar-refractivity contribution in [3.05, 3.63) is 38.9 Å². The molecule has 18 heavy (non-hydrogen) atoms. The van der Waals surface area contributed by atoms with Crippen molar-refractivity contribution in [2.45, 2.75) is 6.42 Å². The van der Waals surface area contributed by atoms with Gasteiger partial charge in [-0.15, -0.1) is 0 Å². The second kappa shape index (κ2) is 6.93. The molecule has 0 aliphatic heterocycles. The molecule has 0 bridgehead atoms. The highest BCUT2D eigenvalue weighted by atomic mass is 35.5. The highest BCUT2D eigenvalue weighted by molar-refractivity contribution is 6.32. The first-order valence-corrected chi connectivity index (χ1v) is 5.54.